The topological polar surface area (TPSA) is 51.2 Å². The van der Waals surface area contributed by atoms with Gasteiger partial charge in [-0.3, -0.25) is 0 Å². The molecule has 2 aromatic rings. The molecule has 2 aliphatic heterocycles. The Hall–Kier alpha value is -2.34. The molecule has 2 heterocycles. The third kappa shape index (κ3) is 3.38. The number of ether oxygens (including phenoxy) is 3. The molecule has 1 unspecified atom stereocenters. The van der Waals surface area contributed by atoms with Crippen molar-refractivity contribution in [3.8, 4) is 11.5 Å². The predicted molar refractivity (Wildman–Crippen MR) is 157 cm³/mol. The number of rotatable bonds is 9. The van der Waals surface area contributed by atoms with Crippen LogP contribution < -0.4 is 9.47 Å². The lowest BCUT2D eigenvalue weighted by Crippen LogP contribution is -2.80. The van der Waals surface area contributed by atoms with Crippen LogP contribution in [0.1, 0.15) is 63.1 Å². The van der Waals surface area contributed by atoms with E-state index in [-0.39, 0.29) is 22.9 Å². The Balaban J connectivity index is 1.33. The van der Waals surface area contributed by atoms with Gasteiger partial charge in [-0.2, -0.15) is 0 Å². The summed E-state index contributed by atoms with van der Waals surface area (Å²) in [5.41, 5.74) is 2.18. The molecule has 0 amide bonds. The van der Waals surface area contributed by atoms with Crippen molar-refractivity contribution < 1.29 is 19.3 Å². The summed E-state index contributed by atoms with van der Waals surface area (Å²) in [6.45, 7) is 8.16. The molecule has 7 atom stereocenters. The summed E-state index contributed by atoms with van der Waals surface area (Å²) in [5.74, 6) is 2.26. The average Bonchev–Trinajstić information content (AvgIpc) is 3.32. The Morgan fingerprint density at radius 1 is 1.15 bits per heavy atom. The number of piperidine rings is 1. The fourth-order valence-corrected chi connectivity index (χ4v) is 9.54. The maximum atomic E-state index is 12.2. The highest BCUT2D eigenvalue weighted by Gasteiger charge is 2.80. The molecule has 214 valence electrons. The van der Waals surface area contributed by atoms with E-state index in [2.05, 4.69) is 80.4 Å². The number of nitrogens with zero attached hydrogens (tertiary/aromatic N) is 1. The average molecular weight is 544 g/mol. The molecule has 1 N–H and O–H groups in total. The second-order valence-corrected chi connectivity index (χ2v) is 13.9. The normalized spacial score (nSPS) is 36.3. The van der Waals surface area contributed by atoms with Gasteiger partial charge in [-0.15, -0.1) is 0 Å². The molecular formula is C35H45NO4. The first-order valence-corrected chi connectivity index (χ1v) is 15.4. The van der Waals surface area contributed by atoms with Gasteiger partial charge in [-0.1, -0.05) is 62.4 Å². The van der Waals surface area contributed by atoms with Crippen LogP contribution >= 0.6 is 0 Å². The first-order chi connectivity index (χ1) is 19.2. The third-order valence-electron chi connectivity index (χ3n) is 11.5. The van der Waals surface area contributed by atoms with Crippen LogP contribution in [0.2, 0.25) is 0 Å². The van der Waals surface area contributed by atoms with E-state index >= 15 is 0 Å². The van der Waals surface area contributed by atoms with Gasteiger partial charge >= 0.3 is 0 Å². The van der Waals surface area contributed by atoms with Crippen LogP contribution in [-0.4, -0.2) is 60.7 Å². The van der Waals surface area contributed by atoms with E-state index in [9.17, 15) is 5.11 Å². The number of likely N-dealkylation sites (tertiary alicyclic amines) is 1. The Morgan fingerprint density at radius 3 is 2.70 bits per heavy atom. The Morgan fingerprint density at radius 2 is 1.95 bits per heavy atom. The van der Waals surface area contributed by atoms with Crippen molar-refractivity contribution in [2.75, 3.05) is 27.3 Å². The molecule has 2 fully saturated rings. The molecule has 5 heteroatoms. The lowest BCUT2D eigenvalue weighted by molar-refractivity contribution is -0.247. The molecule has 4 aliphatic carbocycles. The van der Waals surface area contributed by atoms with Crippen molar-refractivity contribution in [3.63, 3.8) is 0 Å². The first-order valence-electron chi connectivity index (χ1n) is 15.4. The van der Waals surface area contributed by atoms with Crippen LogP contribution in [0.5, 0.6) is 11.5 Å². The van der Waals surface area contributed by atoms with E-state index in [1.54, 1.807) is 0 Å². The van der Waals surface area contributed by atoms with E-state index in [4.69, 9.17) is 14.2 Å². The van der Waals surface area contributed by atoms with Gasteiger partial charge in [0.2, 0.25) is 0 Å². The van der Waals surface area contributed by atoms with Gasteiger partial charge in [0.15, 0.2) is 11.5 Å². The summed E-state index contributed by atoms with van der Waals surface area (Å²) in [5, 5.41) is 12.2. The van der Waals surface area contributed by atoms with E-state index in [1.807, 2.05) is 14.0 Å². The number of hydrogen-bond donors (Lipinski definition) is 1. The molecule has 2 spiro atoms. The fraction of sp³-hybridized carbons (Fsp3) is 0.600. The molecular weight excluding hydrogens is 498 g/mol. The zero-order chi connectivity index (χ0) is 27.9. The second-order valence-electron chi connectivity index (χ2n) is 13.9. The van der Waals surface area contributed by atoms with Gasteiger partial charge in [0.1, 0.15) is 11.7 Å². The Labute approximate surface area is 239 Å². The quantitative estimate of drug-likeness (QED) is 0.410. The summed E-state index contributed by atoms with van der Waals surface area (Å²) in [6.07, 6.45) is 10.1. The van der Waals surface area contributed by atoms with Crippen molar-refractivity contribution in [1.82, 2.24) is 4.90 Å². The largest absolute Gasteiger partial charge is 0.489 e. The van der Waals surface area contributed by atoms with Gasteiger partial charge in [0, 0.05) is 36.5 Å². The zero-order valence-electron chi connectivity index (χ0n) is 24.8. The van der Waals surface area contributed by atoms with Crippen LogP contribution in [0.25, 0.3) is 0 Å². The molecule has 2 aromatic carbocycles. The van der Waals surface area contributed by atoms with E-state index in [1.165, 1.54) is 16.7 Å². The number of hydrogen-bond acceptors (Lipinski definition) is 5. The molecule has 5 nitrogen and oxygen atoms in total. The number of fused-ring (bicyclic) bond motifs is 1. The SMILES string of the molecule is CO[C@@]12C=CC3(C[C@@H]1[C@](C)(O)CCC(C)C)[C@H]1Cc4ccc(OCCc5ccccc5)c5c4[C@@]3(CCN1C)[C@H]2O5. The first kappa shape index (κ1) is 26.6. The number of methoxy groups -OCH3 is 1. The maximum Gasteiger partial charge on any atom is 0.166 e. The highest BCUT2D eigenvalue weighted by molar-refractivity contribution is 5.65. The minimum absolute atomic E-state index is 0.0563. The zero-order valence-corrected chi connectivity index (χ0v) is 24.8. The van der Waals surface area contributed by atoms with Crippen molar-refractivity contribution >= 4 is 0 Å². The predicted octanol–water partition coefficient (Wildman–Crippen LogP) is 5.72. The number of likely N-dealkylation sites (N-methyl/N-ethyl adjacent to an activating group) is 1. The maximum absolute atomic E-state index is 12.2. The molecule has 8 rings (SSSR count). The van der Waals surface area contributed by atoms with Crippen LogP contribution in [0.4, 0.5) is 0 Å². The number of aliphatic hydroxyl groups is 1. The molecule has 0 radical (unpaired) electrons. The fourth-order valence-electron chi connectivity index (χ4n) is 9.54. The summed E-state index contributed by atoms with van der Waals surface area (Å²) < 4.78 is 20.3. The van der Waals surface area contributed by atoms with E-state index in [0.717, 1.165) is 56.6 Å². The standard InChI is InChI=1S/C35H45NO4/c1-23(2)13-15-32(3,37)27-22-33-16-17-35(27,38-5)31-34(33)18-19-36(4)28(33)21-25-11-12-26(30(40-31)29(25)34)39-20-14-24-9-7-6-8-10-24/h6-12,16-17,23,27-28,31,37H,13-15,18-22H2,1-5H3/t27-,28-,31-,32-,33?,34+,35+/m1/s1. The molecule has 40 heavy (non-hydrogen) atoms. The summed E-state index contributed by atoms with van der Waals surface area (Å²) >= 11 is 0. The van der Waals surface area contributed by atoms with Crippen LogP contribution in [0.15, 0.2) is 54.6 Å². The van der Waals surface area contributed by atoms with E-state index < -0.39 is 11.2 Å². The van der Waals surface area contributed by atoms with Crippen molar-refractivity contribution in [3.05, 3.63) is 71.3 Å². The molecule has 0 aromatic heterocycles. The van der Waals surface area contributed by atoms with Crippen molar-refractivity contribution in [2.24, 2.45) is 17.3 Å². The summed E-state index contributed by atoms with van der Waals surface area (Å²) in [4.78, 5) is 2.57. The van der Waals surface area contributed by atoms with Crippen LogP contribution in [0.3, 0.4) is 0 Å². The van der Waals surface area contributed by atoms with Crippen molar-refractivity contribution in [1.29, 1.82) is 0 Å². The minimum atomic E-state index is -0.861. The molecule has 4 bridgehead atoms. The summed E-state index contributed by atoms with van der Waals surface area (Å²) in [6, 6.07) is 15.3. The lowest BCUT2D eigenvalue weighted by Gasteiger charge is -2.72. The minimum Gasteiger partial charge on any atom is -0.489 e. The monoisotopic (exact) mass is 543 g/mol. The smallest absolute Gasteiger partial charge is 0.166 e. The van der Waals surface area contributed by atoms with Crippen molar-refractivity contribution in [2.45, 2.75) is 88.1 Å². The second kappa shape index (κ2) is 9.08. The van der Waals surface area contributed by atoms with Gasteiger partial charge < -0.3 is 24.2 Å². The lowest BCUT2D eigenvalue weighted by atomic mass is 9.36. The third-order valence-corrected chi connectivity index (χ3v) is 11.5. The summed E-state index contributed by atoms with van der Waals surface area (Å²) in [7, 11) is 4.11. The van der Waals surface area contributed by atoms with Gasteiger partial charge in [0.05, 0.1) is 17.6 Å². The Kier molecular flexibility index (Phi) is 6.03. The highest BCUT2D eigenvalue weighted by atomic mass is 16.6. The Bertz CT molecular complexity index is 1320. The van der Waals surface area contributed by atoms with Crippen LogP contribution in [0, 0.1) is 17.3 Å². The highest BCUT2D eigenvalue weighted by Crippen LogP contribution is 2.75. The molecule has 1 saturated heterocycles. The van der Waals surface area contributed by atoms with Crippen LogP contribution in [-0.2, 0) is 23.0 Å². The van der Waals surface area contributed by atoms with Gasteiger partial charge in [-0.25, -0.2) is 0 Å². The van der Waals surface area contributed by atoms with Gasteiger partial charge in [-0.05, 0) is 75.7 Å². The molecule has 1 saturated carbocycles. The van der Waals surface area contributed by atoms with Gasteiger partial charge in [0.25, 0.3) is 0 Å². The number of benzene rings is 2. The molecule has 6 aliphatic rings. The van der Waals surface area contributed by atoms with E-state index in [0.29, 0.717) is 18.6 Å².